The SMILES string of the molecule is CCC1CCCC(Nc2ccc(Br)c(Cl)c2)CC1. The molecule has 2 rings (SSSR count). The van der Waals surface area contributed by atoms with E-state index in [2.05, 4.69) is 34.2 Å². The van der Waals surface area contributed by atoms with Crippen molar-refractivity contribution < 1.29 is 0 Å². The van der Waals surface area contributed by atoms with Crippen molar-refractivity contribution in [1.82, 2.24) is 0 Å². The molecule has 1 aliphatic rings. The molecule has 1 aliphatic carbocycles. The van der Waals surface area contributed by atoms with Gasteiger partial charge < -0.3 is 5.32 Å². The molecule has 0 aromatic heterocycles. The van der Waals surface area contributed by atoms with Gasteiger partial charge in [-0.3, -0.25) is 0 Å². The Kier molecular flexibility index (Phi) is 5.38. The Labute approximate surface area is 123 Å². The van der Waals surface area contributed by atoms with Crippen LogP contribution in [0.4, 0.5) is 5.69 Å². The number of nitrogens with one attached hydrogen (secondary N) is 1. The van der Waals surface area contributed by atoms with Gasteiger partial charge in [0.2, 0.25) is 0 Å². The zero-order chi connectivity index (χ0) is 13.0. The maximum Gasteiger partial charge on any atom is 0.0568 e. The number of halogens is 2. The van der Waals surface area contributed by atoms with Crippen LogP contribution < -0.4 is 5.32 Å². The molecule has 2 atom stereocenters. The fraction of sp³-hybridized carbons (Fsp3) is 0.600. The molecular weight excluding hydrogens is 310 g/mol. The highest BCUT2D eigenvalue weighted by atomic mass is 79.9. The molecule has 0 radical (unpaired) electrons. The van der Waals surface area contributed by atoms with Crippen molar-refractivity contribution in [2.24, 2.45) is 5.92 Å². The maximum absolute atomic E-state index is 6.12. The molecule has 0 heterocycles. The van der Waals surface area contributed by atoms with Crippen LogP contribution in [-0.4, -0.2) is 6.04 Å². The quantitative estimate of drug-likeness (QED) is 0.683. The first-order valence-electron chi connectivity index (χ1n) is 6.90. The van der Waals surface area contributed by atoms with Crippen LogP contribution in [0.2, 0.25) is 5.02 Å². The third-order valence-corrected chi connectivity index (χ3v) is 5.19. The minimum atomic E-state index is 0.610. The summed E-state index contributed by atoms with van der Waals surface area (Å²) in [5.41, 5.74) is 1.14. The Balaban J connectivity index is 1.94. The van der Waals surface area contributed by atoms with Gasteiger partial charge in [-0.25, -0.2) is 0 Å². The number of hydrogen-bond donors (Lipinski definition) is 1. The summed E-state index contributed by atoms with van der Waals surface area (Å²) in [5.74, 6) is 0.935. The minimum Gasteiger partial charge on any atom is -0.382 e. The maximum atomic E-state index is 6.12. The molecule has 1 aromatic rings. The van der Waals surface area contributed by atoms with E-state index >= 15 is 0 Å². The molecule has 2 unspecified atom stereocenters. The summed E-state index contributed by atoms with van der Waals surface area (Å²) in [5, 5.41) is 4.41. The van der Waals surface area contributed by atoms with Gasteiger partial charge >= 0.3 is 0 Å². The fourth-order valence-corrected chi connectivity index (χ4v) is 3.18. The molecular formula is C15H21BrClN. The van der Waals surface area contributed by atoms with E-state index in [4.69, 9.17) is 11.6 Å². The third-order valence-electron chi connectivity index (χ3n) is 3.96. The van der Waals surface area contributed by atoms with E-state index in [1.807, 2.05) is 12.1 Å². The van der Waals surface area contributed by atoms with E-state index in [9.17, 15) is 0 Å². The van der Waals surface area contributed by atoms with Crippen molar-refractivity contribution in [3.63, 3.8) is 0 Å². The molecule has 1 aromatic carbocycles. The first-order valence-corrected chi connectivity index (χ1v) is 8.07. The summed E-state index contributed by atoms with van der Waals surface area (Å²) in [4.78, 5) is 0. The summed E-state index contributed by atoms with van der Waals surface area (Å²) >= 11 is 9.55. The highest BCUT2D eigenvalue weighted by Gasteiger charge is 2.17. The van der Waals surface area contributed by atoms with Crippen LogP contribution >= 0.6 is 27.5 Å². The summed E-state index contributed by atoms with van der Waals surface area (Å²) in [7, 11) is 0. The Morgan fingerprint density at radius 1 is 1.28 bits per heavy atom. The Morgan fingerprint density at radius 3 is 2.83 bits per heavy atom. The molecule has 1 fully saturated rings. The van der Waals surface area contributed by atoms with E-state index < -0.39 is 0 Å². The molecule has 0 bridgehead atoms. The average Bonchev–Trinajstić information content (AvgIpc) is 2.59. The zero-order valence-corrected chi connectivity index (χ0v) is 13.2. The summed E-state index contributed by atoms with van der Waals surface area (Å²) in [6.45, 7) is 2.31. The monoisotopic (exact) mass is 329 g/mol. The number of benzene rings is 1. The Bertz CT molecular complexity index is 394. The van der Waals surface area contributed by atoms with Crippen LogP contribution in [0, 0.1) is 5.92 Å². The zero-order valence-electron chi connectivity index (χ0n) is 10.9. The number of rotatable bonds is 3. The predicted octanol–water partition coefficient (Wildman–Crippen LogP) is 5.87. The number of hydrogen-bond acceptors (Lipinski definition) is 1. The van der Waals surface area contributed by atoms with E-state index in [-0.39, 0.29) is 0 Å². The summed E-state index contributed by atoms with van der Waals surface area (Å²) in [6.07, 6.45) is 8.00. The molecule has 1 N–H and O–H groups in total. The smallest absolute Gasteiger partial charge is 0.0568 e. The van der Waals surface area contributed by atoms with Crippen LogP contribution in [0.1, 0.15) is 45.4 Å². The molecule has 0 aliphatic heterocycles. The third kappa shape index (κ3) is 3.89. The van der Waals surface area contributed by atoms with Gasteiger partial charge in [0.15, 0.2) is 0 Å². The molecule has 3 heteroatoms. The van der Waals surface area contributed by atoms with Crippen LogP contribution in [0.25, 0.3) is 0 Å². The predicted molar refractivity (Wildman–Crippen MR) is 83.4 cm³/mol. The molecule has 1 saturated carbocycles. The van der Waals surface area contributed by atoms with E-state index in [1.165, 1.54) is 38.5 Å². The highest BCUT2D eigenvalue weighted by Crippen LogP contribution is 2.29. The van der Waals surface area contributed by atoms with Crippen molar-refractivity contribution in [2.75, 3.05) is 5.32 Å². The molecule has 100 valence electrons. The van der Waals surface area contributed by atoms with Gasteiger partial charge in [0, 0.05) is 16.2 Å². The standard InChI is InChI=1S/C15H21BrClN/c1-2-11-4-3-5-12(7-6-11)18-13-8-9-14(16)15(17)10-13/h8-12,18H,2-7H2,1H3. The lowest BCUT2D eigenvalue weighted by Crippen LogP contribution is -2.18. The van der Waals surface area contributed by atoms with Gasteiger partial charge in [-0.15, -0.1) is 0 Å². The lowest BCUT2D eigenvalue weighted by Gasteiger charge is -2.18. The van der Waals surface area contributed by atoms with Crippen molar-refractivity contribution in [3.8, 4) is 0 Å². The van der Waals surface area contributed by atoms with Crippen molar-refractivity contribution in [2.45, 2.75) is 51.5 Å². The first-order chi connectivity index (χ1) is 8.69. The fourth-order valence-electron chi connectivity index (χ4n) is 2.75. The first kappa shape index (κ1) is 14.2. The molecule has 0 amide bonds. The van der Waals surface area contributed by atoms with Gasteiger partial charge in [-0.2, -0.15) is 0 Å². The second-order valence-electron chi connectivity index (χ2n) is 5.25. The van der Waals surface area contributed by atoms with Gasteiger partial charge in [0.1, 0.15) is 0 Å². The largest absolute Gasteiger partial charge is 0.382 e. The second kappa shape index (κ2) is 6.81. The lowest BCUT2D eigenvalue weighted by molar-refractivity contribution is 0.444. The van der Waals surface area contributed by atoms with E-state index in [0.29, 0.717) is 6.04 Å². The van der Waals surface area contributed by atoms with Gasteiger partial charge in [0.05, 0.1) is 5.02 Å². The van der Waals surface area contributed by atoms with Crippen molar-refractivity contribution >= 4 is 33.2 Å². The van der Waals surface area contributed by atoms with Crippen molar-refractivity contribution in [1.29, 1.82) is 0 Å². The normalized spacial score (nSPS) is 24.6. The Morgan fingerprint density at radius 2 is 2.11 bits per heavy atom. The molecule has 0 spiro atoms. The average molecular weight is 331 g/mol. The van der Waals surface area contributed by atoms with Crippen LogP contribution in [0.3, 0.4) is 0 Å². The number of anilines is 1. The Hall–Kier alpha value is -0.210. The van der Waals surface area contributed by atoms with Crippen LogP contribution in [-0.2, 0) is 0 Å². The van der Waals surface area contributed by atoms with Gasteiger partial charge in [-0.05, 0) is 59.3 Å². The van der Waals surface area contributed by atoms with Gasteiger partial charge in [0.25, 0.3) is 0 Å². The molecule has 0 saturated heterocycles. The van der Waals surface area contributed by atoms with E-state index in [0.717, 1.165) is 21.1 Å². The lowest BCUT2D eigenvalue weighted by atomic mass is 9.98. The molecule has 1 nitrogen and oxygen atoms in total. The molecule has 18 heavy (non-hydrogen) atoms. The second-order valence-corrected chi connectivity index (χ2v) is 6.51. The van der Waals surface area contributed by atoms with E-state index in [1.54, 1.807) is 0 Å². The summed E-state index contributed by atoms with van der Waals surface area (Å²) in [6, 6.07) is 6.72. The summed E-state index contributed by atoms with van der Waals surface area (Å²) < 4.78 is 0.960. The van der Waals surface area contributed by atoms with Crippen LogP contribution in [0.5, 0.6) is 0 Å². The van der Waals surface area contributed by atoms with Crippen molar-refractivity contribution in [3.05, 3.63) is 27.7 Å². The topological polar surface area (TPSA) is 12.0 Å². The van der Waals surface area contributed by atoms with Gasteiger partial charge in [-0.1, -0.05) is 37.8 Å². The highest BCUT2D eigenvalue weighted by molar-refractivity contribution is 9.10. The minimum absolute atomic E-state index is 0.610. The van der Waals surface area contributed by atoms with Crippen LogP contribution in [0.15, 0.2) is 22.7 Å².